The first-order valence-electron chi connectivity index (χ1n) is 5.20. The third-order valence-corrected chi connectivity index (χ3v) is 4.37. The van der Waals surface area contributed by atoms with Crippen LogP contribution in [-0.4, -0.2) is 21.3 Å². The normalized spacial score (nSPS) is 29.4. The first-order valence-corrected chi connectivity index (χ1v) is 6.36. The molecule has 2 fully saturated rings. The highest BCUT2D eigenvalue weighted by Gasteiger charge is 2.43. The number of aromatic nitrogens is 2. The van der Waals surface area contributed by atoms with Crippen LogP contribution in [-0.2, 0) is 5.54 Å². The van der Waals surface area contributed by atoms with Gasteiger partial charge in [0.15, 0.2) is 0 Å². The molecule has 2 N–H and O–H groups in total. The van der Waals surface area contributed by atoms with Crippen LogP contribution in [0.5, 0.6) is 0 Å². The maximum Gasteiger partial charge on any atom is 0.0621 e. The fraction of sp³-hybridized carbons (Fsp3) is 0.700. The van der Waals surface area contributed by atoms with Gasteiger partial charge in [0.1, 0.15) is 0 Å². The molecule has 1 aliphatic heterocycles. The minimum Gasteiger partial charge on any atom is -0.320 e. The number of hydrogen-bond acceptors (Lipinski definition) is 3. The van der Waals surface area contributed by atoms with E-state index in [9.17, 15) is 0 Å². The molecule has 0 amide bonds. The lowest BCUT2D eigenvalue weighted by Crippen LogP contribution is -2.25. The van der Waals surface area contributed by atoms with Crippen LogP contribution in [0.15, 0.2) is 12.3 Å². The SMILES string of the molecule is NC1(c2ccnn2C2CCSC2)CC1. The van der Waals surface area contributed by atoms with Gasteiger partial charge in [-0.25, -0.2) is 0 Å². The van der Waals surface area contributed by atoms with Crippen molar-refractivity contribution in [2.45, 2.75) is 30.8 Å². The molecule has 0 bridgehead atoms. The lowest BCUT2D eigenvalue weighted by molar-refractivity contribution is 0.459. The van der Waals surface area contributed by atoms with Gasteiger partial charge in [0, 0.05) is 11.9 Å². The third-order valence-electron chi connectivity index (χ3n) is 3.22. The summed E-state index contributed by atoms with van der Waals surface area (Å²) in [5.74, 6) is 2.46. The van der Waals surface area contributed by atoms with Crippen LogP contribution in [0.1, 0.15) is 31.0 Å². The van der Waals surface area contributed by atoms with E-state index in [4.69, 9.17) is 5.73 Å². The molecule has 2 heterocycles. The van der Waals surface area contributed by atoms with Crippen LogP contribution in [0.25, 0.3) is 0 Å². The van der Waals surface area contributed by atoms with E-state index in [0.29, 0.717) is 6.04 Å². The number of thioether (sulfide) groups is 1. The summed E-state index contributed by atoms with van der Waals surface area (Å²) in [5, 5.41) is 4.43. The smallest absolute Gasteiger partial charge is 0.0621 e. The minimum atomic E-state index is -0.0379. The van der Waals surface area contributed by atoms with Gasteiger partial charge in [-0.1, -0.05) is 0 Å². The number of nitrogens with zero attached hydrogens (tertiary/aromatic N) is 2. The molecule has 1 unspecified atom stereocenters. The molecule has 76 valence electrons. The highest BCUT2D eigenvalue weighted by Crippen LogP contribution is 2.44. The summed E-state index contributed by atoms with van der Waals surface area (Å²) in [5.41, 5.74) is 7.43. The zero-order valence-electron chi connectivity index (χ0n) is 8.15. The van der Waals surface area contributed by atoms with E-state index >= 15 is 0 Å². The Kier molecular flexibility index (Phi) is 1.89. The summed E-state index contributed by atoms with van der Waals surface area (Å²) in [4.78, 5) is 0. The zero-order valence-corrected chi connectivity index (χ0v) is 8.96. The number of nitrogens with two attached hydrogens (primary N) is 1. The molecule has 1 saturated heterocycles. The Hall–Kier alpha value is -0.480. The Morgan fingerprint density at radius 1 is 1.57 bits per heavy atom. The fourth-order valence-electron chi connectivity index (χ4n) is 2.11. The molecule has 3 rings (SSSR count). The van der Waals surface area contributed by atoms with E-state index in [2.05, 4.69) is 15.8 Å². The molecule has 0 radical (unpaired) electrons. The van der Waals surface area contributed by atoms with Crippen LogP contribution >= 0.6 is 11.8 Å². The molecule has 1 aliphatic carbocycles. The molecule has 1 aromatic rings. The Bertz CT molecular complexity index is 337. The van der Waals surface area contributed by atoms with Gasteiger partial charge in [-0.05, 0) is 31.1 Å². The molecular weight excluding hydrogens is 194 g/mol. The summed E-state index contributed by atoms with van der Waals surface area (Å²) in [6, 6.07) is 2.68. The molecule has 2 aliphatic rings. The second kappa shape index (κ2) is 3.00. The summed E-state index contributed by atoms with van der Waals surface area (Å²) >= 11 is 2.02. The Labute approximate surface area is 88.0 Å². The van der Waals surface area contributed by atoms with E-state index < -0.39 is 0 Å². The van der Waals surface area contributed by atoms with Crippen molar-refractivity contribution in [1.82, 2.24) is 9.78 Å². The number of rotatable bonds is 2. The van der Waals surface area contributed by atoms with Crippen molar-refractivity contribution in [3.8, 4) is 0 Å². The minimum absolute atomic E-state index is 0.0379. The maximum absolute atomic E-state index is 6.21. The molecule has 0 spiro atoms. The van der Waals surface area contributed by atoms with Crippen molar-refractivity contribution in [3.63, 3.8) is 0 Å². The van der Waals surface area contributed by atoms with Crippen LogP contribution in [0.4, 0.5) is 0 Å². The fourth-order valence-corrected chi connectivity index (χ4v) is 3.29. The number of hydrogen-bond donors (Lipinski definition) is 1. The van der Waals surface area contributed by atoms with Crippen LogP contribution < -0.4 is 5.73 Å². The predicted molar refractivity (Wildman–Crippen MR) is 58.3 cm³/mol. The van der Waals surface area contributed by atoms with Crippen LogP contribution in [0, 0.1) is 0 Å². The van der Waals surface area contributed by atoms with Crippen molar-refractivity contribution in [1.29, 1.82) is 0 Å². The second-order valence-electron chi connectivity index (χ2n) is 4.33. The molecular formula is C10H15N3S. The van der Waals surface area contributed by atoms with Crippen molar-refractivity contribution >= 4 is 11.8 Å². The van der Waals surface area contributed by atoms with Crippen LogP contribution in [0.3, 0.4) is 0 Å². The largest absolute Gasteiger partial charge is 0.320 e. The summed E-state index contributed by atoms with van der Waals surface area (Å²) in [6.45, 7) is 0. The van der Waals surface area contributed by atoms with Gasteiger partial charge in [0.05, 0.1) is 17.3 Å². The summed E-state index contributed by atoms with van der Waals surface area (Å²) in [7, 11) is 0. The van der Waals surface area contributed by atoms with Crippen molar-refractivity contribution in [2.24, 2.45) is 5.73 Å². The molecule has 14 heavy (non-hydrogen) atoms. The molecule has 4 heteroatoms. The average Bonchev–Trinajstić information content (AvgIpc) is 2.73. The van der Waals surface area contributed by atoms with E-state index in [0.717, 1.165) is 12.8 Å². The topological polar surface area (TPSA) is 43.8 Å². The van der Waals surface area contributed by atoms with Gasteiger partial charge in [0.2, 0.25) is 0 Å². The van der Waals surface area contributed by atoms with E-state index in [-0.39, 0.29) is 5.54 Å². The lowest BCUT2D eigenvalue weighted by Gasteiger charge is -2.17. The molecule has 1 aromatic heterocycles. The maximum atomic E-state index is 6.21. The van der Waals surface area contributed by atoms with Gasteiger partial charge in [-0.3, -0.25) is 4.68 Å². The van der Waals surface area contributed by atoms with E-state index in [1.165, 1.54) is 23.6 Å². The zero-order chi connectivity index (χ0) is 9.60. The van der Waals surface area contributed by atoms with Crippen molar-refractivity contribution in [3.05, 3.63) is 18.0 Å². The van der Waals surface area contributed by atoms with Gasteiger partial charge in [-0.15, -0.1) is 0 Å². The van der Waals surface area contributed by atoms with Gasteiger partial charge in [0.25, 0.3) is 0 Å². The monoisotopic (exact) mass is 209 g/mol. The van der Waals surface area contributed by atoms with E-state index in [1.54, 1.807) is 0 Å². The highest BCUT2D eigenvalue weighted by molar-refractivity contribution is 7.99. The first-order chi connectivity index (χ1) is 6.80. The molecule has 0 aromatic carbocycles. The highest BCUT2D eigenvalue weighted by atomic mass is 32.2. The van der Waals surface area contributed by atoms with Crippen molar-refractivity contribution < 1.29 is 0 Å². The predicted octanol–water partition coefficient (Wildman–Crippen LogP) is 1.51. The Morgan fingerprint density at radius 2 is 2.43 bits per heavy atom. The van der Waals surface area contributed by atoms with Crippen LogP contribution in [0.2, 0.25) is 0 Å². The standard InChI is InChI=1S/C10H15N3S/c11-10(3-4-10)9-1-5-12-13(9)8-2-6-14-7-8/h1,5,8H,2-4,6-7,11H2. The quantitative estimate of drug-likeness (QED) is 0.803. The second-order valence-corrected chi connectivity index (χ2v) is 5.48. The third kappa shape index (κ3) is 1.28. The van der Waals surface area contributed by atoms with Gasteiger partial charge in [-0.2, -0.15) is 16.9 Å². The summed E-state index contributed by atoms with van der Waals surface area (Å²) in [6.07, 6.45) is 5.39. The average molecular weight is 209 g/mol. The summed E-state index contributed by atoms with van der Waals surface area (Å²) < 4.78 is 2.17. The van der Waals surface area contributed by atoms with Crippen molar-refractivity contribution in [2.75, 3.05) is 11.5 Å². The molecule has 3 nitrogen and oxygen atoms in total. The molecule has 1 atom stereocenters. The van der Waals surface area contributed by atoms with Gasteiger partial charge >= 0.3 is 0 Å². The Balaban J connectivity index is 1.93. The Morgan fingerprint density at radius 3 is 3.07 bits per heavy atom. The lowest BCUT2D eigenvalue weighted by atomic mass is 10.1. The van der Waals surface area contributed by atoms with E-state index in [1.807, 2.05) is 18.0 Å². The first kappa shape index (κ1) is 8.80. The molecule has 1 saturated carbocycles. The van der Waals surface area contributed by atoms with Gasteiger partial charge < -0.3 is 5.73 Å².